The maximum Gasteiger partial charge on any atom is 0.400 e. The number of pyridine rings is 1. The van der Waals surface area contributed by atoms with Crippen LogP contribution in [0.25, 0.3) is 0 Å². The zero-order valence-electron chi connectivity index (χ0n) is 60.3. The third-order valence-corrected chi connectivity index (χ3v) is 26.0. The Kier molecular flexibility index (Phi) is 56.2. The number of aromatic nitrogens is 1. The van der Waals surface area contributed by atoms with Crippen LogP contribution in [0.5, 0.6) is 0 Å². The average molecular weight is 1680 g/mol. The van der Waals surface area contributed by atoms with E-state index in [0.29, 0.717) is 49.0 Å². The van der Waals surface area contributed by atoms with E-state index >= 15 is 0 Å². The van der Waals surface area contributed by atoms with Gasteiger partial charge in [-0.3, -0.25) is 36.5 Å². The van der Waals surface area contributed by atoms with Crippen LogP contribution < -0.4 is 20.9 Å². The third kappa shape index (κ3) is 61.8. The summed E-state index contributed by atoms with van der Waals surface area (Å²) in [6, 6.07) is 15.5. The van der Waals surface area contributed by atoms with Gasteiger partial charge in [0.05, 0.1) is 16.6 Å². The highest BCUT2D eigenvalue weighted by Gasteiger charge is 2.34. The zero-order chi connectivity index (χ0) is 80.0. The smallest absolute Gasteiger partial charge is 0.400 e. The molecule has 6 rings (SSSR count). The van der Waals surface area contributed by atoms with Crippen LogP contribution in [0.15, 0.2) is 83.2 Å². The lowest BCUT2D eigenvalue weighted by Crippen LogP contribution is -2.22. The van der Waals surface area contributed by atoms with E-state index in [1.165, 1.54) is 67.1 Å². The number of allylic oxidation sites excluding steroid dienone is 1. The van der Waals surface area contributed by atoms with Crippen molar-refractivity contribution in [2.45, 2.75) is 228 Å². The molecule has 1 aromatic carbocycles. The summed E-state index contributed by atoms with van der Waals surface area (Å²) in [4.78, 5) is 160. The summed E-state index contributed by atoms with van der Waals surface area (Å²) in [7, 11) is -35.7. The molecule has 103 heavy (non-hydrogen) atoms. The number of aryl methyl sites for hydroxylation is 4. The Morgan fingerprint density at radius 2 is 1.08 bits per heavy atom. The van der Waals surface area contributed by atoms with Crippen molar-refractivity contribution in [1.82, 2.24) is 4.98 Å². The van der Waals surface area contributed by atoms with Crippen LogP contribution in [0.1, 0.15) is 211 Å². The quantitative estimate of drug-likeness (QED) is 0.0158. The summed E-state index contributed by atoms with van der Waals surface area (Å²) < 4.78 is 100. The first-order valence-electron chi connectivity index (χ1n) is 33.7. The topological polar surface area (TPSA) is 544 Å². The van der Waals surface area contributed by atoms with Gasteiger partial charge < -0.3 is 92.5 Å². The predicted octanol–water partition coefficient (Wildman–Crippen LogP) is 13.5. The summed E-state index contributed by atoms with van der Waals surface area (Å²) in [6.07, 6.45) is 25.7. The van der Waals surface area contributed by atoms with E-state index in [0.717, 1.165) is 137 Å². The highest BCUT2D eigenvalue weighted by atomic mass is 32.2. The lowest BCUT2D eigenvalue weighted by molar-refractivity contribution is 0.294. The Hall–Kier alpha value is -1.65. The monoisotopic (exact) mass is 1680 g/mol. The first-order valence-corrected chi connectivity index (χ1v) is 50.6. The molecule has 1 aliphatic heterocycles. The lowest BCUT2D eigenvalue weighted by atomic mass is 9.86. The second kappa shape index (κ2) is 54.9. The molecule has 1 aliphatic carbocycles. The molecule has 1 saturated carbocycles. The molecule has 1 saturated heterocycles. The molecule has 2 aliphatic rings. The van der Waals surface area contributed by atoms with Crippen molar-refractivity contribution < 1.29 is 134 Å². The molecule has 0 amide bonds. The summed E-state index contributed by atoms with van der Waals surface area (Å²) in [5, 5.41) is 0.0723. The van der Waals surface area contributed by atoms with Crippen molar-refractivity contribution in [3.05, 3.63) is 101 Å². The van der Waals surface area contributed by atoms with Gasteiger partial charge in [0, 0.05) is 47.3 Å². The molecule has 0 spiro atoms. The molecule has 29 nitrogen and oxygen atoms in total. The highest BCUT2D eigenvalue weighted by molar-refractivity contribution is 7.99. The van der Waals surface area contributed by atoms with Gasteiger partial charge in [0.25, 0.3) is 0 Å². The van der Waals surface area contributed by atoms with E-state index < -0.39 is 74.0 Å². The van der Waals surface area contributed by atoms with Crippen LogP contribution >= 0.6 is 91.5 Å². The van der Waals surface area contributed by atoms with Gasteiger partial charge in [0.1, 0.15) is 10.4 Å². The number of hydrogen-bond acceptors (Lipinski definition) is 13. The summed E-state index contributed by atoms with van der Waals surface area (Å²) in [5.41, 5.74) is 2.52. The molecule has 598 valence electrons. The summed E-state index contributed by atoms with van der Waals surface area (Å²) in [6.45, 7) is 18.1. The Morgan fingerprint density at radius 1 is 0.534 bits per heavy atom. The van der Waals surface area contributed by atoms with Gasteiger partial charge >= 0.3 is 68.4 Å². The molecule has 4 heterocycles. The van der Waals surface area contributed by atoms with Gasteiger partial charge in [0.2, 0.25) is 5.50 Å². The van der Waals surface area contributed by atoms with Crippen molar-refractivity contribution in [2.24, 2.45) is 11.8 Å². The van der Waals surface area contributed by atoms with Crippen LogP contribution in [0.2, 0.25) is 0 Å². The van der Waals surface area contributed by atoms with Crippen molar-refractivity contribution in [2.75, 3.05) is 17.7 Å². The van der Waals surface area contributed by atoms with Gasteiger partial charge in [-0.25, -0.2) is 9.55 Å². The second-order valence-electron chi connectivity index (χ2n) is 24.4. The van der Waals surface area contributed by atoms with Crippen LogP contribution in [-0.2, 0) is 53.9 Å². The number of thiophene rings is 1. The Balaban J connectivity index is -0.00000109. The Labute approximate surface area is 616 Å². The molecular weight excluding hydrogens is 1560 g/mol. The van der Waals surface area contributed by atoms with Crippen molar-refractivity contribution in [1.29, 1.82) is 0 Å². The highest BCUT2D eigenvalue weighted by Crippen LogP contribution is 2.50. The average Bonchev–Trinajstić information content (AvgIpc) is 1.31. The number of thioether (sulfide) groups is 1. The molecule has 0 radical (unpaired) electrons. The Bertz CT molecular complexity index is 3400. The first-order chi connectivity index (χ1) is 47.3. The molecule has 0 bridgehead atoms. The lowest BCUT2D eigenvalue weighted by Gasteiger charge is -2.28. The minimum atomic E-state index is -4.19. The Morgan fingerprint density at radius 3 is 1.49 bits per heavy atom. The predicted molar refractivity (Wildman–Crippen MR) is 412 cm³/mol. The van der Waals surface area contributed by atoms with E-state index in [1.807, 2.05) is 33.4 Å². The van der Waals surface area contributed by atoms with Gasteiger partial charge in [0.15, 0.2) is 5.44 Å². The largest absolute Gasteiger partial charge is 0.453 e. The number of benzene rings is 1. The maximum absolute atomic E-state index is 10.9. The van der Waals surface area contributed by atoms with E-state index in [-0.39, 0.29) is 32.7 Å². The fraction of sp³-hybridized carbons (Fsp3) is 0.635. The molecule has 3 aromatic heterocycles. The van der Waals surface area contributed by atoms with E-state index in [9.17, 15) is 41.1 Å². The van der Waals surface area contributed by atoms with Gasteiger partial charge in [-0.2, -0.15) is 11.8 Å². The SMILES string of the molecule is CC1CSCC(P(=O)(O)O)C1.CCCC1CCC(P(=O)(O)O)CC1.CCCCC/C=C/P(=O)(O)O.CCCCCC#CP(=O)(O)O.CCCCCCCP(=O)(O)O.CCCc1ccc(P(=O)(O)O)o1.CCCc1ccc(P(=O)(O)O)s1.Cc1ccc(P(=O)(O)O)cc1.Cc1ccnc(P(=O)(O)O)c1. The molecule has 40 heteroatoms. The van der Waals surface area contributed by atoms with E-state index in [4.69, 9.17) is 92.5 Å². The van der Waals surface area contributed by atoms with E-state index in [2.05, 4.69) is 38.6 Å². The number of unbranched alkanes of at least 4 members (excludes halogenated alkanes) is 10. The molecule has 2 fully saturated rings. The van der Waals surface area contributed by atoms with Crippen molar-refractivity contribution in [3.8, 4) is 11.6 Å². The zero-order valence-corrected chi connectivity index (χ0v) is 70.0. The number of hydrogen-bond donors (Lipinski definition) is 18. The van der Waals surface area contributed by atoms with Crippen LogP contribution in [0.4, 0.5) is 0 Å². The number of nitrogens with zero attached hydrogens (tertiary/aromatic N) is 1. The fourth-order valence-corrected chi connectivity index (χ4v) is 17.6. The summed E-state index contributed by atoms with van der Waals surface area (Å²) in [5.74, 6) is 6.87. The standard InChI is InChI=1S/C9H19O3P.C7H11O4P.C7H11O3PS.C7H9O3P.C7H17O3P.C7H15O3P.C7H13O3P.C6H8NO3P.C6H13O3PS/c1-2-3-8-4-6-9(7-5-8)13(10,11)12;1-2-3-6-4-5-7(11-6)12(8,9)10;1-2-3-6-4-5-7(12-6)11(8,9)10;1-6-2-4-7(5-3-6)11(8,9)10;3*1-2-3-4-5-6-7-11(8,9)10;1-5-2-3-7-6(4-5)11(8,9)10;1-5-2-6(4-11-3-5)10(7,8)9/h8-9H,2-7H2,1H3,(H2,10,11,12);2*4-5H,2-3H2,1H3,(H2,8,9,10);2-5H,1H3,(H2,8,9,10);2-7H2,1H3,(H2,8,9,10);6-7H,2-5H2,1H3,(H2,8,9,10);2-5H2,1H3,(H2,8,9,10);2-4H,1H3,(H2,8,9,10);5-6H,2-4H2,1H3,(H2,7,8,9)/b;;;;;7-6+;;;. The minimum Gasteiger partial charge on any atom is -0.453 e. The van der Waals surface area contributed by atoms with Crippen LogP contribution in [-0.4, -0.2) is 122 Å². The van der Waals surface area contributed by atoms with Crippen LogP contribution in [0, 0.1) is 37.3 Å². The van der Waals surface area contributed by atoms with E-state index in [1.54, 1.807) is 55.1 Å². The normalized spacial score (nSPS) is 16.4. The molecule has 4 aromatic rings. The number of furan rings is 1. The molecular formula is C63H116NO28P9S2. The fourth-order valence-electron chi connectivity index (χ4n) is 8.91. The first kappa shape index (κ1) is 106. The summed E-state index contributed by atoms with van der Waals surface area (Å²) >= 11 is 2.85. The second-order valence-corrected chi connectivity index (χ2v) is 41.6. The molecule has 2 unspecified atom stereocenters. The third-order valence-electron chi connectivity index (χ3n) is 14.2. The maximum atomic E-state index is 10.9. The minimum absolute atomic E-state index is 0.0523. The van der Waals surface area contributed by atoms with Crippen molar-refractivity contribution >= 4 is 112 Å². The van der Waals surface area contributed by atoms with Crippen molar-refractivity contribution in [3.63, 3.8) is 0 Å². The van der Waals surface area contributed by atoms with Crippen LogP contribution in [0.3, 0.4) is 0 Å². The van der Waals surface area contributed by atoms with Gasteiger partial charge in [-0.1, -0.05) is 149 Å². The van der Waals surface area contributed by atoms with Gasteiger partial charge in [-0.05, 0) is 156 Å². The molecule has 2 atom stereocenters. The molecule has 18 N–H and O–H groups in total. The van der Waals surface area contributed by atoms with Gasteiger partial charge in [-0.15, -0.1) is 11.3 Å². The number of rotatable bonds is 26.